The van der Waals surface area contributed by atoms with Crippen molar-refractivity contribution in [3.8, 4) is 6.07 Å². The lowest BCUT2D eigenvalue weighted by molar-refractivity contribution is 0.632. The quantitative estimate of drug-likeness (QED) is 0.611. The Bertz CT molecular complexity index is 341. The summed E-state index contributed by atoms with van der Waals surface area (Å²) in [7, 11) is 0. The third-order valence-electron chi connectivity index (χ3n) is 1.59. The highest BCUT2D eigenvalue weighted by Crippen LogP contribution is 2.23. The second kappa shape index (κ2) is 3.09. The van der Waals surface area contributed by atoms with Gasteiger partial charge in [0.25, 0.3) is 0 Å². The molecule has 1 rings (SSSR count). The van der Waals surface area contributed by atoms with Crippen LogP contribution in [0.4, 0.5) is 15.8 Å². The zero-order valence-electron chi connectivity index (χ0n) is 6.34. The molecule has 0 saturated heterocycles. The van der Waals surface area contributed by atoms with Crippen LogP contribution in [0.2, 0.25) is 0 Å². The maximum absolute atomic E-state index is 12.7. The number of rotatable bonds is 1. The van der Waals surface area contributed by atoms with Crippen LogP contribution in [-0.4, -0.2) is 0 Å². The summed E-state index contributed by atoms with van der Waals surface area (Å²) in [5.41, 5.74) is 11.4. The molecule has 0 aliphatic rings. The van der Waals surface area contributed by atoms with Crippen LogP contribution in [0.3, 0.4) is 0 Å². The van der Waals surface area contributed by atoms with Crippen LogP contribution in [0, 0.1) is 17.1 Å². The van der Waals surface area contributed by atoms with E-state index in [0.717, 1.165) is 0 Å². The second-order valence-electron chi connectivity index (χ2n) is 2.37. The molecule has 4 N–H and O–H groups in total. The lowest BCUT2D eigenvalue weighted by Crippen LogP contribution is -2.01. The SMILES string of the molecule is N#CCc1ccc(F)c(N)c1N. The van der Waals surface area contributed by atoms with Gasteiger partial charge in [-0.05, 0) is 11.6 Å². The molecule has 62 valence electrons. The number of nitriles is 1. The predicted octanol–water partition coefficient (Wildman–Crippen LogP) is 1.06. The van der Waals surface area contributed by atoms with Crippen molar-refractivity contribution in [1.29, 1.82) is 5.26 Å². The highest BCUT2D eigenvalue weighted by Gasteiger charge is 2.06. The molecule has 3 nitrogen and oxygen atoms in total. The molecule has 0 heterocycles. The summed E-state index contributed by atoms with van der Waals surface area (Å²) in [4.78, 5) is 0. The predicted molar refractivity (Wildman–Crippen MR) is 44.5 cm³/mol. The highest BCUT2D eigenvalue weighted by molar-refractivity contribution is 5.68. The van der Waals surface area contributed by atoms with E-state index in [-0.39, 0.29) is 17.8 Å². The van der Waals surface area contributed by atoms with E-state index >= 15 is 0 Å². The molecule has 0 saturated carbocycles. The molecule has 12 heavy (non-hydrogen) atoms. The lowest BCUT2D eigenvalue weighted by Gasteiger charge is -2.04. The van der Waals surface area contributed by atoms with Gasteiger partial charge in [0.1, 0.15) is 5.82 Å². The Morgan fingerprint density at radius 2 is 2.00 bits per heavy atom. The Labute approximate surface area is 69.4 Å². The fraction of sp³-hybridized carbons (Fsp3) is 0.125. The minimum Gasteiger partial charge on any atom is -0.397 e. The smallest absolute Gasteiger partial charge is 0.148 e. The van der Waals surface area contributed by atoms with Crippen molar-refractivity contribution in [3.63, 3.8) is 0 Å². The number of nitrogens with two attached hydrogens (primary N) is 2. The van der Waals surface area contributed by atoms with E-state index in [2.05, 4.69) is 0 Å². The van der Waals surface area contributed by atoms with Gasteiger partial charge in [-0.25, -0.2) is 4.39 Å². The third-order valence-corrected chi connectivity index (χ3v) is 1.59. The number of nitrogen functional groups attached to an aromatic ring is 2. The summed E-state index contributed by atoms with van der Waals surface area (Å²) in [6.45, 7) is 0. The molecule has 0 atom stereocenters. The zero-order valence-corrected chi connectivity index (χ0v) is 6.34. The summed E-state index contributed by atoms with van der Waals surface area (Å²) >= 11 is 0. The van der Waals surface area contributed by atoms with Crippen LogP contribution in [0.1, 0.15) is 5.56 Å². The molecular weight excluding hydrogens is 157 g/mol. The average Bonchev–Trinajstić information content (AvgIpc) is 2.07. The van der Waals surface area contributed by atoms with Crippen LogP contribution in [-0.2, 0) is 6.42 Å². The largest absolute Gasteiger partial charge is 0.397 e. The normalized spacial score (nSPS) is 9.33. The van der Waals surface area contributed by atoms with Crippen LogP contribution >= 0.6 is 0 Å². The van der Waals surface area contributed by atoms with Gasteiger partial charge in [0.15, 0.2) is 0 Å². The third kappa shape index (κ3) is 1.30. The van der Waals surface area contributed by atoms with Gasteiger partial charge in [0.2, 0.25) is 0 Å². The van der Waals surface area contributed by atoms with Crippen molar-refractivity contribution in [2.75, 3.05) is 11.5 Å². The van der Waals surface area contributed by atoms with Crippen molar-refractivity contribution in [2.24, 2.45) is 0 Å². The Morgan fingerprint density at radius 3 is 2.58 bits per heavy atom. The van der Waals surface area contributed by atoms with Gasteiger partial charge in [-0.15, -0.1) is 0 Å². The number of halogens is 1. The topological polar surface area (TPSA) is 75.8 Å². The van der Waals surface area contributed by atoms with Crippen molar-refractivity contribution < 1.29 is 4.39 Å². The van der Waals surface area contributed by atoms with Crippen LogP contribution in [0.25, 0.3) is 0 Å². The maximum Gasteiger partial charge on any atom is 0.148 e. The highest BCUT2D eigenvalue weighted by atomic mass is 19.1. The van der Waals surface area contributed by atoms with E-state index in [9.17, 15) is 4.39 Å². The van der Waals surface area contributed by atoms with Crippen molar-refractivity contribution in [2.45, 2.75) is 6.42 Å². The lowest BCUT2D eigenvalue weighted by atomic mass is 10.1. The Morgan fingerprint density at radius 1 is 1.33 bits per heavy atom. The zero-order chi connectivity index (χ0) is 9.14. The van der Waals surface area contributed by atoms with E-state index in [1.807, 2.05) is 6.07 Å². The molecule has 0 unspecified atom stereocenters. The summed E-state index contributed by atoms with van der Waals surface area (Å²) in [6, 6.07) is 4.58. The Hall–Kier alpha value is -1.76. The van der Waals surface area contributed by atoms with Crippen LogP contribution in [0.5, 0.6) is 0 Å². The molecule has 1 aromatic carbocycles. The van der Waals surface area contributed by atoms with Gasteiger partial charge in [-0.3, -0.25) is 0 Å². The molecule has 1 aromatic rings. The van der Waals surface area contributed by atoms with Gasteiger partial charge >= 0.3 is 0 Å². The van der Waals surface area contributed by atoms with E-state index in [1.165, 1.54) is 12.1 Å². The number of hydrogen-bond donors (Lipinski definition) is 2. The fourth-order valence-corrected chi connectivity index (χ4v) is 0.894. The van der Waals surface area contributed by atoms with E-state index in [1.54, 1.807) is 0 Å². The van der Waals surface area contributed by atoms with E-state index < -0.39 is 5.82 Å². The fourth-order valence-electron chi connectivity index (χ4n) is 0.894. The van der Waals surface area contributed by atoms with E-state index in [0.29, 0.717) is 5.56 Å². The number of hydrogen-bond acceptors (Lipinski definition) is 3. The summed E-state index contributed by atoms with van der Waals surface area (Å²) in [6.07, 6.45) is 0.149. The molecule has 0 aliphatic heterocycles. The van der Waals surface area contributed by atoms with Gasteiger partial charge < -0.3 is 11.5 Å². The molecule has 0 bridgehead atoms. The van der Waals surface area contributed by atoms with Gasteiger partial charge in [0.05, 0.1) is 23.9 Å². The second-order valence-corrected chi connectivity index (χ2v) is 2.37. The molecule has 0 aliphatic carbocycles. The van der Waals surface area contributed by atoms with Crippen molar-refractivity contribution >= 4 is 11.4 Å². The minimum absolute atomic E-state index is 0.0808. The molecule has 0 aromatic heterocycles. The molecular formula is C8H8FN3. The minimum atomic E-state index is -0.547. The first-order valence-electron chi connectivity index (χ1n) is 3.36. The monoisotopic (exact) mass is 165 g/mol. The Kier molecular flexibility index (Phi) is 2.15. The summed E-state index contributed by atoms with van der Waals surface area (Å²) in [5, 5.41) is 8.36. The van der Waals surface area contributed by atoms with Crippen LogP contribution < -0.4 is 11.5 Å². The molecule has 0 radical (unpaired) electrons. The molecule has 4 heteroatoms. The number of nitrogens with zero attached hydrogens (tertiary/aromatic N) is 1. The molecule has 0 fully saturated rings. The molecule has 0 spiro atoms. The first-order valence-corrected chi connectivity index (χ1v) is 3.36. The summed E-state index contributed by atoms with van der Waals surface area (Å²) < 4.78 is 12.7. The average molecular weight is 165 g/mol. The standard InChI is InChI=1S/C8H8FN3/c9-6-2-1-5(3-4-10)7(11)8(6)12/h1-2H,3,11-12H2. The maximum atomic E-state index is 12.7. The van der Waals surface area contributed by atoms with Crippen molar-refractivity contribution in [3.05, 3.63) is 23.5 Å². The van der Waals surface area contributed by atoms with Crippen LogP contribution in [0.15, 0.2) is 12.1 Å². The summed E-state index contributed by atoms with van der Waals surface area (Å²) in [5.74, 6) is -0.547. The number of benzene rings is 1. The van der Waals surface area contributed by atoms with Gasteiger partial charge in [-0.2, -0.15) is 5.26 Å². The van der Waals surface area contributed by atoms with Gasteiger partial charge in [-0.1, -0.05) is 6.07 Å². The Balaban J connectivity index is 3.19. The van der Waals surface area contributed by atoms with Crippen molar-refractivity contribution in [1.82, 2.24) is 0 Å². The molecule has 0 amide bonds. The first kappa shape index (κ1) is 8.34. The van der Waals surface area contributed by atoms with Gasteiger partial charge in [0, 0.05) is 0 Å². The van der Waals surface area contributed by atoms with E-state index in [4.69, 9.17) is 16.7 Å². The first-order chi connectivity index (χ1) is 5.66. The number of anilines is 2.